The minimum absolute atomic E-state index is 0. The summed E-state index contributed by atoms with van der Waals surface area (Å²) < 4.78 is 1.40. The highest BCUT2D eigenvalue weighted by Crippen LogP contribution is 2.11. The molecule has 0 atom stereocenters. The van der Waals surface area contributed by atoms with Crippen molar-refractivity contribution in [3.8, 4) is 0 Å². The van der Waals surface area contributed by atoms with Crippen LogP contribution in [0.2, 0.25) is 0 Å². The van der Waals surface area contributed by atoms with E-state index in [0.717, 1.165) is 31.6 Å². The van der Waals surface area contributed by atoms with Crippen molar-refractivity contribution in [2.75, 3.05) is 13.1 Å². The highest BCUT2D eigenvalue weighted by atomic mass is 35.5. The van der Waals surface area contributed by atoms with Gasteiger partial charge in [-0.05, 0) is 45.0 Å². The Morgan fingerprint density at radius 3 is 2.65 bits per heavy atom. The highest BCUT2D eigenvalue weighted by Gasteiger charge is 2.18. The summed E-state index contributed by atoms with van der Waals surface area (Å²) in [5, 5.41) is 6.27. The van der Waals surface area contributed by atoms with Gasteiger partial charge in [-0.2, -0.15) is 0 Å². The normalized spacial score (nSPS) is 16.4. The molecule has 4 nitrogen and oxygen atoms in total. The van der Waals surface area contributed by atoms with Gasteiger partial charge in [0.2, 0.25) is 0 Å². The lowest BCUT2D eigenvalue weighted by molar-refractivity contribution is 0.0923. The van der Waals surface area contributed by atoms with Gasteiger partial charge in [0.1, 0.15) is 5.69 Å². The quantitative estimate of drug-likeness (QED) is 0.865. The van der Waals surface area contributed by atoms with E-state index >= 15 is 0 Å². The Kier molecular flexibility index (Phi) is 5.31. The Labute approximate surface area is 112 Å². The van der Waals surface area contributed by atoms with Gasteiger partial charge >= 0.3 is 0 Å². The lowest BCUT2D eigenvalue weighted by Gasteiger charge is -2.23. The molecule has 1 amide bonds. The molecule has 0 aliphatic carbocycles. The molecule has 2 rings (SSSR count). The number of aromatic nitrogens is 1. The van der Waals surface area contributed by atoms with Crippen LogP contribution in [0.25, 0.3) is 0 Å². The van der Waals surface area contributed by atoms with Gasteiger partial charge in [-0.25, -0.2) is 0 Å². The minimum atomic E-state index is -0.0880. The fraction of sp³-hybridized carbons (Fsp3) is 0.545. The van der Waals surface area contributed by atoms with Crippen molar-refractivity contribution >= 4 is 30.1 Å². The summed E-state index contributed by atoms with van der Waals surface area (Å²) in [5.74, 6) is -0.0880. The molecular formula is C11H17Cl2N3O. The molecule has 96 valence electrons. The fourth-order valence-electron chi connectivity index (χ4n) is 1.91. The van der Waals surface area contributed by atoms with E-state index in [0.29, 0.717) is 5.69 Å². The third kappa shape index (κ3) is 3.37. The van der Waals surface area contributed by atoms with Crippen LogP contribution in [0.3, 0.4) is 0 Å². The zero-order valence-corrected chi connectivity index (χ0v) is 11.3. The summed E-state index contributed by atoms with van der Waals surface area (Å²) in [6, 6.07) is 3.85. The molecule has 0 saturated carbocycles. The predicted octanol–water partition coefficient (Wildman–Crippen LogP) is 1.70. The highest BCUT2D eigenvalue weighted by molar-refractivity contribution is 6.18. The minimum Gasteiger partial charge on any atom is -0.348 e. The summed E-state index contributed by atoms with van der Waals surface area (Å²) in [7, 11) is 0. The Bertz CT molecular complexity index is 386. The van der Waals surface area contributed by atoms with E-state index in [-0.39, 0.29) is 24.4 Å². The predicted molar refractivity (Wildman–Crippen MR) is 71.0 cm³/mol. The molecule has 0 aromatic carbocycles. The first kappa shape index (κ1) is 14.4. The van der Waals surface area contributed by atoms with Crippen LogP contribution in [-0.2, 0) is 0 Å². The molecule has 0 spiro atoms. The zero-order chi connectivity index (χ0) is 11.5. The van der Waals surface area contributed by atoms with Crippen LogP contribution in [0.15, 0.2) is 12.1 Å². The van der Waals surface area contributed by atoms with Crippen molar-refractivity contribution in [1.29, 1.82) is 0 Å². The average molecular weight is 278 g/mol. The Balaban J connectivity index is 0.00000144. The topological polar surface area (TPSA) is 46.1 Å². The second kappa shape index (κ2) is 6.28. The van der Waals surface area contributed by atoms with E-state index in [4.69, 9.17) is 11.8 Å². The SMILES string of the molecule is Cc1ccc(C(=O)NC2CCNCC2)n1Cl.Cl. The molecule has 6 heteroatoms. The van der Waals surface area contributed by atoms with Crippen LogP contribution in [0.1, 0.15) is 29.0 Å². The number of carbonyl (C=O) groups excluding carboxylic acids is 1. The first-order valence-corrected chi connectivity index (χ1v) is 5.88. The molecule has 17 heavy (non-hydrogen) atoms. The molecule has 2 N–H and O–H groups in total. The molecule has 1 fully saturated rings. The van der Waals surface area contributed by atoms with Crippen LogP contribution < -0.4 is 10.6 Å². The van der Waals surface area contributed by atoms with Crippen LogP contribution in [0.5, 0.6) is 0 Å². The molecule has 0 radical (unpaired) electrons. The van der Waals surface area contributed by atoms with Crippen molar-refractivity contribution < 1.29 is 4.79 Å². The number of nitrogens with zero attached hydrogens (tertiary/aromatic N) is 1. The standard InChI is InChI=1S/C11H16ClN3O.ClH/c1-8-2-3-10(15(8)12)11(16)14-9-4-6-13-7-5-9;/h2-3,9,13H,4-7H2,1H3,(H,14,16);1H. The number of nitrogens with one attached hydrogen (secondary N) is 2. The molecule has 1 aliphatic heterocycles. The number of carbonyl (C=O) groups is 1. The lowest BCUT2D eigenvalue weighted by atomic mass is 10.1. The molecule has 2 heterocycles. The van der Waals surface area contributed by atoms with Gasteiger partial charge in [-0.3, -0.25) is 8.88 Å². The van der Waals surface area contributed by atoms with E-state index in [1.165, 1.54) is 4.09 Å². The second-order valence-electron chi connectivity index (χ2n) is 4.14. The number of piperidine rings is 1. The van der Waals surface area contributed by atoms with E-state index < -0.39 is 0 Å². The van der Waals surface area contributed by atoms with Gasteiger partial charge in [0, 0.05) is 23.5 Å². The molecule has 1 aromatic heterocycles. The van der Waals surface area contributed by atoms with Crippen LogP contribution >= 0.6 is 24.2 Å². The number of amides is 1. The lowest BCUT2D eigenvalue weighted by Crippen LogP contribution is -2.43. The third-order valence-electron chi connectivity index (χ3n) is 2.91. The Morgan fingerprint density at radius 1 is 1.47 bits per heavy atom. The maximum absolute atomic E-state index is 11.9. The summed E-state index contributed by atoms with van der Waals surface area (Å²) in [5.41, 5.74) is 1.38. The molecule has 1 saturated heterocycles. The summed E-state index contributed by atoms with van der Waals surface area (Å²) in [6.07, 6.45) is 1.96. The van der Waals surface area contributed by atoms with Gasteiger partial charge in [0.05, 0.1) is 0 Å². The third-order valence-corrected chi connectivity index (χ3v) is 3.36. The zero-order valence-electron chi connectivity index (χ0n) is 9.70. The van der Waals surface area contributed by atoms with Gasteiger partial charge in [-0.1, -0.05) is 0 Å². The maximum Gasteiger partial charge on any atom is 0.269 e. The van der Waals surface area contributed by atoms with Crippen molar-refractivity contribution in [2.45, 2.75) is 25.8 Å². The van der Waals surface area contributed by atoms with Gasteiger partial charge in [0.15, 0.2) is 0 Å². The summed E-state index contributed by atoms with van der Waals surface area (Å²) in [4.78, 5) is 11.9. The number of hydrogen-bond donors (Lipinski definition) is 2. The fourth-order valence-corrected chi connectivity index (χ4v) is 2.10. The van der Waals surface area contributed by atoms with E-state index in [2.05, 4.69) is 10.6 Å². The number of halogens is 2. The average Bonchev–Trinajstić information content (AvgIpc) is 2.61. The van der Waals surface area contributed by atoms with E-state index in [1.807, 2.05) is 13.0 Å². The van der Waals surface area contributed by atoms with E-state index in [1.54, 1.807) is 6.07 Å². The van der Waals surface area contributed by atoms with Crippen LogP contribution in [-0.4, -0.2) is 29.1 Å². The molecular weight excluding hydrogens is 261 g/mol. The monoisotopic (exact) mass is 277 g/mol. The molecule has 1 aromatic rings. The van der Waals surface area contributed by atoms with Gasteiger partial charge in [0.25, 0.3) is 5.91 Å². The Hall–Kier alpha value is -0.710. The van der Waals surface area contributed by atoms with Crippen LogP contribution in [0, 0.1) is 6.92 Å². The number of rotatable bonds is 2. The van der Waals surface area contributed by atoms with Crippen LogP contribution in [0.4, 0.5) is 0 Å². The summed E-state index contributed by atoms with van der Waals surface area (Å²) >= 11 is 5.96. The summed E-state index contributed by atoms with van der Waals surface area (Å²) in [6.45, 7) is 3.80. The van der Waals surface area contributed by atoms with Crippen molar-refractivity contribution in [1.82, 2.24) is 14.7 Å². The smallest absolute Gasteiger partial charge is 0.269 e. The number of hydrogen-bond acceptors (Lipinski definition) is 2. The van der Waals surface area contributed by atoms with Crippen molar-refractivity contribution in [3.63, 3.8) is 0 Å². The van der Waals surface area contributed by atoms with Gasteiger partial charge < -0.3 is 10.6 Å². The van der Waals surface area contributed by atoms with Crippen molar-refractivity contribution in [2.24, 2.45) is 0 Å². The van der Waals surface area contributed by atoms with E-state index in [9.17, 15) is 4.79 Å². The number of aryl methyl sites for hydroxylation is 1. The second-order valence-corrected chi connectivity index (χ2v) is 4.48. The molecule has 1 aliphatic rings. The molecule has 0 unspecified atom stereocenters. The first-order valence-electron chi connectivity index (χ1n) is 5.54. The maximum atomic E-state index is 11.9. The van der Waals surface area contributed by atoms with Crippen molar-refractivity contribution in [3.05, 3.63) is 23.5 Å². The van der Waals surface area contributed by atoms with Gasteiger partial charge in [-0.15, -0.1) is 12.4 Å². The first-order chi connectivity index (χ1) is 7.68. The largest absolute Gasteiger partial charge is 0.348 e. The molecule has 0 bridgehead atoms. The Morgan fingerprint density at radius 2 is 2.12 bits per heavy atom.